The summed E-state index contributed by atoms with van der Waals surface area (Å²) >= 11 is 3.13. The highest BCUT2D eigenvalue weighted by Gasteiger charge is 2.29. The minimum Gasteiger partial charge on any atom is -0.444 e. The van der Waals surface area contributed by atoms with Crippen LogP contribution in [0.1, 0.15) is 39.2 Å². The second-order valence-corrected chi connectivity index (χ2v) is 7.39. The largest absolute Gasteiger partial charge is 0.444 e. The molecule has 5 nitrogen and oxygen atoms in total. The maximum absolute atomic E-state index is 14.2. The molecule has 2 amide bonds. The maximum Gasteiger partial charge on any atom is 0.412 e. The number of anilines is 1. The summed E-state index contributed by atoms with van der Waals surface area (Å²) in [4.78, 5) is 23.5. The SMILES string of the molecule is CC(C(=O)NCC(F)(F)F)c1cc(F)c(NC(=O)OC(C)(C)C)cc1Br. The first kappa shape index (κ1) is 22.2. The lowest BCUT2D eigenvalue weighted by atomic mass is 9.99. The summed E-state index contributed by atoms with van der Waals surface area (Å²) in [5.41, 5.74) is -0.835. The van der Waals surface area contributed by atoms with Gasteiger partial charge in [-0.15, -0.1) is 0 Å². The van der Waals surface area contributed by atoms with Crippen LogP contribution in [0.5, 0.6) is 0 Å². The zero-order chi connectivity index (χ0) is 20.3. The smallest absolute Gasteiger partial charge is 0.412 e. The van der Waals surface area contributed by atoms with Crippen molar-refractivity contribution < 1.29 is 31.9 Å². The Labute approximate surface area is 156 Å². The van der Waals surface area contributed by atoms with Crippen LogP contribution in [0.3, 0.4) is 0 Å². The lowest BCUT2D eigenvalue weighted by Crippen LogP contribution is -2.36. The molecule has 0 radical (unpaired) electrons. The summed E-state index contributed by atoms with van der Waals surface area (Å²) in [7, 11) is 0. The Morgan fingerprint density at radius 2 is 1.81 bits per heavy atom. The van der Waals surface area contributed by atoms with Gasteiger partial charge in [-0.3, -0.25) is 10.1 Å². The highest BCUT2D eigenvalue weighted by molar-refractivity contribution is 9.10. The zero-order valence-electron chi connectivity index (χ0n) is 14.6. The normalized spacial score (nSPS) is 13.1. The van der Waals surface area contributed by atoms with Crippen LogP contribution in [0.15, 0.2) is 16.6 Å². The Balaban J connectivity index is 2.92. The molecule has 0 fully saturated rings. The minimum atomic E-state index is -4.54. The lowest BCUT2D eigenvalue weighted by molar-refractivity contribution is -0.139. The molecule has 0 bridgehead atoms. The van der Waals surface area contributed by atoms with Crippen molar-refractivity contribution in [2.45, 2.75) is 45.4 Å². The molecule has 1 rings (SSSR count). The molecule has 0 heterocycles. The number of alkyl halides is 3. The van der Waals surface area contributed by atoms with Crippen molar-refractivity contribution in [3.8, 4) is 0 Å². The van der Waals surface area contributed by atoms with Crippen molar-refractivity contribution in [2.24, 2.45) is 0 Å². The van der Waals surface area contributed by atoms with Gasteiger partial charge in [0.1, 0.15) is 18.0 Å². The van der Waals surface area contributed by atoms with Crippen LogP contribution in [0.25, 0.3) is 0 Å². The average Bonchev–Trinajstić information content (AvgIpc) is 2.44. The molecule has 1 atom stereocenters. The van der Waals surface area contributed by atoms with E-state index in [2.05, 4.69) is 21.2 Å². The molecular formula is C16H19BrF4N2O3. The quantitative estimate of drug-likeness (QED) is 0.663. The van der Waals surface area contributed by atoms with Gasteiger partial charge in [0, 0.05) is 4.47 Å². The van der Waals surface area contributed by atoms with Gasteiger partial charge >= 0.3 is 12.3 Å². The van der Waals surface area contributed by atoms with Crippen LogP contribution in [0.4, 0.5) is 28.0 Å². The van der Waals surface area contributed by atoms with Gasteiger partial charge in [0.25, 0.3) is 0 Å². The summed E-state index contributed by atoms with van der Waals surface area (Å²) in [6, 6.07) is 2.18. The van der Waals surface area contributed by atoms with E-state index in [4.69, 9.17) is 4.74 Å². The summed E-state index contributed by atoms with van der Waals surface area (Å²) in [5.74, 6) is -2.81. The number of halogens is 5. The number of nitrogens with one attached hydrogen (secondary N) is 2. The number of ether oxygens (including phenoxy) is 1. The number of carbonyl (C=O) groups excluding carboxylic acids is 2. The summed E-state index contributed by atoms with van der Waals surface area (Å²) in [6.45, 7) is 4.79. The summed E-state index contributed by atoms with van der Waals surface area (Å²) in [6.07, 6.45) is -5.41. The molecule has 0 aliphatic heterocycles. The second kappa shape index (κ2) is 8.24. The van der Waals surface area contributed by atoms with E-state index in [1.165, 1.54) is 13.0 Å². The molecule has 0 saturated carbocycles. The van der Waals surface area contributed by atoms with E-state index in [-0.39, 0.29) is 15.7 Å². The Morgan fingerprint density at radius 1 is 1.23 bits per heavy atom. The van der Waals surface area contributed by atoms with Crippen molar-refractivity contribution in [1.29, 1.82) is 0 Å². The van der Waals surface area contributed by atoms with Crippen molar-refractivity contribution >= 4 is 33.6 Å². The van der Waals surface area contributed by atoms with Crippen molar-refractivity contribution in [1.82, 2.24) is 5.32 Å². The number of benzene rings is 1. The molecule has 10 heteroatoms. The third-order valence-electron chi connectivity index (χ3n) is 3.04. The van der Waals surface area contributed by atoms with Gasteiger partial charge in [0.15, 0.2) is 0 Å². The van der Waals surface area contributed by atoms with Gasteiger partial charge in [0.05, 0.1) is 11.6 Å². The lowest BCUT2D eigenvalue weighted by Gasteiger charge is -2.20. The molecule has 1 aromatic rings. The fourth-order valence-corrected chi connectivity index (χ4v) is 2.57. The Morgan fingerprint density at radius 3 is 2.31 bits per heavy atom. The molecule has 1 unspecified atom stereocenters. The van der Waals surface area contributed by atoms with Gasteiger partial charge in [-0.2, -0.15) is 13.2 Å². The van der Waals surface area contributed by atoms with Crippen molar-refractivity contribution in [2.75, 3.05) is 11.9 Å². The van der Waals surface area contributed by atoms with Crippen molar-refractivity contribution in [3.63, 3.8) is 0 Å². The molecule has 1 aromatic carbocycles. The van der Waals surface area contributed by atoms with Gasteiger partial charge in [0.2, 0.25) is 5.91 Å². The van der Waals surface area contributed by atoms with E-state index >= 15 is 0 Å². The van der Waals surface area contributed by atoms with E-state index in [0.717, 1.165) is 6.07 Å². The van der Waals surface area contributed by atoms with Crippen LogP contribution in [-0.2, 0) is 9.53 Å². The predicted octanol–water partition coefficient (Wildman–Crippen LogP) is 4.72. The molecule has 0 aromatic heterocycles. The number of carbonyl (C=O) groups is 2. The Kier molecular flexibility index (Phi) is 7.03. The predicted molar refractivity (Wildman–Crippen MR) is 91.4 cm³/mol. The van der Waals surface area contributed by atoms with E-state index in [9.17, 15) is 27.2 Å². The van der Waals surface area contributed by atoms with Crippen LogP contribution < -0.4 is 10.6 Å². The molecule has 0 saturated heterocycles. The first-order chi connectivity index (χ1) is 11.7. The summed E-state index contributed by atoms with van der Waals surface area (Å²) in [5, 5.41) is 3.98. The van der Waals surface area contributed by atoms with E-state index in [1.807, 2.05) is 0 Å². The van der Waals surface area contributed by atoms with E-state index in [0.29, 0.717) is 0 Å². The molecule has 26 heavy (non-hydrogen) atoms. The standard InChI is InChI=1S/C16H19BrF4N2O3/c1-8(13(24)22-7-16(19,20)21)9-5-11(18)12(6-10(9)17)23-14(25)26-15(2,3)4/h5-6,8H,7H2,1-4H3,(H,22,24)(H,23,25). The maximum atomic E-state index is 14.2. The van der Waals surface area contributed by atoms with Gasteiger partial charge in [-0.25, -0.2) is 9.18 Å². The fourth-order valence-electron chi connectivity index (χ4n) is 1.89. The van der Waals surface area contributed by atoms with E-state index < -0.39 is 42.1 Å². The molecule has 2 N–H and O–H groups in total. The molecule has 146 valence electrons. The minimum absolute atomic E-state index is 0.136. The van der Waals surface area contributed by atoms with E-state index in [1.54, 1.807) is 26.1 Å². The molecule has 0 aliphatic carbocycles. The highest BCUT2D eigenvalue weighted by Crippen LogP contribution is 2.31. The molecule has 0 aliphatic rings. The van der Waals surface area contributed by atoms with Gasteiger partial charge in [-0.05, 0) is 45.4 Å². The monoisotopic (exact) mass is 442 g/mol. The average molecular weight is 443 g/mol. The Hall–Kier alpha value is -1.84. The molecule has 0 spiro atoms. The number of amides is 2. The second-order valence-electron chi connectivity index (χ2n) is 6.54. The first-order valence-corrected chi connectivity index (χ1v) is 8.32. The first-order valence-electron chi connectivity index (χ1n) is 7.53. The highest BCUT2D eigenvalue weighted by atomic mass is 79.9. The van der Waals surface area contributed by atoms with Crippen LogP contribution >= 0.6 is 15.9 Å². The Bertz CT molecular complexity index is 687. The van der Waals surface area contributed by atoms with Crippen LogP contribution in [-0.4, -0.2) is 30.3 Å². The number of hydrogen-bond acceptors (Lipinski definition) is 3. The van der Waals surface area contributed by atoms with Crippen LogP contribution in [0, 0.1) is 5.82 Å². The van der Waals surface area contributed by atoms with Crippen molar-refractivity contribution in [3.05, 3.63) is 28.0 Å². The number of hydrogen-bond donors (Lipinski definition) is 2. The third-order valence-corrected chi connectivity index (χ3v) is 3.73. The number of rotatable bonds is 4. The zero-order valence-corrected chi connectivity index (χ0v) is 16.1. The van der Waals surface area contributed by atoms with Gasteiger partial charge < -0.3 is 10.1 Å². The topological polar surface area (TPSA) is 67.4 Å². The van der Waals surface area contributed by atoms with Gasteiger partial charge in [-0.1, -0.05) is 15.9 Å². The van der Waals surface area contributed by atoms with Crippen LogP contribution in [0.2, 0.25) is 0 Å². The fraction of sp³-hybridized carbons (Fsp3) is 0.500. The summed E-state index contributed by atoms with van der Waals surface area (Å²) < 4.78 is 56.0. The third kappa shape index (κ3) is 7.19. The molecular weight excluding hydrogens is 424 g/mol.